The van der Waals surface area contributed by atoms with Gasteiger partial charge in [-0.25, -0.2) is 0 Å². The monoisotopic (exact) mass is 839 g/mol. The zero-order valence-corrected chi connectivity index (χ0v) is 36.0. The first-order valence-electron chi connectivity index (χ1n) is 22.6. The number of anilines is 3. The van der Waals surface area contributed by atoms with Gasteiger partial charge in [0.1, 0.15) is 11.2 Å². The standard InChI is InChI=1S/C64H41NO/c1-3-14-54-45(10-1)26-27-50-40-48(33-38-57(50)54)44-24-22-42(23-25-44)43-28-34-51(35-29-43)65(52-36-30-47(31-37-52)58-18-9-21-63-64(58)61-16-5-6-20-62(61)66-63)53-13-7-12-49(41-53)56-17-8-19-59-55-15-4-2-11-46(55)32-39-60(56)59/h1-41H. The van der Waals surface area contributed by atoms with E-state index in [1.807, 2.05) is 12.1 Å². The minimum atomic E-state index is 0.898. The lowest BCUT2D eigenvalue weighted by Crippen LogP contribution is -2.10. The van der Waals surface area contributed by atoms with Crippen molar-refractivity contribution < 1.29 is 4.42 Å². The molecule has 2 heteroatoms. The van der Waals surface area contributed by atoms with Crippen LogP contribution in [-0.4, -0.2) is 0 Å². The molecule has 0 saturated heterocycles. The van der Waals surface area contributed by atoms with E-state index >= 15 is 0 Å². The van der Waals surface area contributed by atoms with Gasteiger partial charge in [-0.05, 0) is 142 Å². The Balaban J connectivity index is 0.875. The van der Waals surface area contributed by atoms with Crippen molar-refractivity contribution in [2.45, 2.75) is 0 Å². The lowest BCUT2D eigenvalue weighted by atomic mass is 9.94. The summed E-state index contributed by atoms with van der Waals surface area (Å²) in [7, 11) is 0. The van der Waals surface area contributed by atoms with Crippen molar-refractivity contribution in [3.05, 3.63) is 249 Å². The summed E-state index contributed by atoms with van der Waals surface area (Å²) in [4.78, 5) is 2.37. The van der Waals surface area contributed by atoms with Crippen molar-refractivity contribution in [2.75, 3.05) is 4.90 Å². The zero-order valence-electron chi connectivity index (χ0n) is 36.0. The van der Waals surface area contributed by atoms with Gasteiger partial charge in [0, 0.05) is 27.8 Å². The molecule has 12 aromatic carbocycles. The summed E-state index contributed by atoms with van der Waals surface area (Å²) in [5.41, 5.74) is 14.5. The molecule has 1 aromatic heterocycles. The number of para-hydroxylation sites is 1. The third-order valence-electron chi connectivity index (χ3n) is 13.5. The Morgan fingerprint density at radius 3 is 1.50 bits per heavy atom. The fraction of sp³-hybridized carbons (Fsp3) is 0. The van der Waals surface area contributed by atoms with E-state index < -0.39 is 0 Å². The molecule has 308 valence electrons. The molecule has 0 atom stereocenters. The van der Waals surface area contributed by atoms with Crippen molar-refractivity contribution in [3.63, 3.8) is 0 Å². The van der Waals surface area contributed by atoms with Crippen LogP contribution >= 0.6 is 0 Å². The molecule has 0 radical (unpaired) electrons. The van der Waals surface area contributed by atoms with E-state index in [-0.39, 0.29) is 0 Å². The Kier molecular flexibility index (Phi) is 8.89. The Labute approximate surface area is 382 Å². The molecule has 0 bridgehead atoms. The van der Waals surface area contributed by atoms with E-state index in [0.717, 1.165) is 50.1 Å². The number of hydrogen-bond acceptors (Lipinski definition) is 2. The second-order valence-electron chi connectivity index (χ2n) is 17.2. The molecule has 0 amide bonds. The highest BCUT2D eigenvalue weighted by molar-refractivity contribution is 6.14. The molecule has 1 heterocycles. The minimum absolute atomic E-state index is 0.898. The van der Waals surface area contributed by atoms with Gasteiger partial charge < -0.3 is 9.32 Å². The molecule has 0 aliphatic heterocycles. The highest BCUT2D eigenvalue weighted by Gasteiger charge is 2.17. The number of nitrogens with zero attached hydrogens (tertiary/aromatic N) is 1. The van der Waals surface area contributed by atoms with Crippen LogP contribution < -0.4 is 4.90 Å². The Hall–Kier alpha value is -8.72. The van der Waals surface area contributed by atoms with E-state index in [0.29, 0.717) is 0 Å². The topological polar surface area (TPSA) is 16.4 Å². The summed E-state index contributed by atoms with van der Waals surface area (Å²) in [6.07, 6.45) is 0. The van der Waals surface area contributed by atoms with Crippen LogP contribution in [0.1, 0.15) is 0 Å². The maximum atomic E-state index is 6.27. The average Bonchev–Trinajstić information content (AvgIpc) is 3.78. The molecule has 13 aromatic rings. The Morgan fingerprint density at radius 2 is 0.742 bits per heavy atom. The van der Waals surface area contributed by atoms with E-state index in [2.05, 4.69) is 241 Å². The van der Waals surface area contributed by atoms with Crippen LogP contribution in [0.4, 0.5) is 17.1 Å². The second-order valence-corrected chi connectivity index (χ2v) is 17.2. The second kappa shape index (κ2) is 15.5. The average molecular weight is 840 g/mol. The molecule has 0 fully saturated rings. The van der Waals surface area contributed by atoms with Crippen molar-refractivity contribution in [1.82, 2.24) is 0 Å². The van der Waals surface area contributed by atoms with Crippen LogP contribution in [0.25, 0.3) is 110 Å². The van der Waals surface area contributed by atoms with Gasteiger partial charge in [0.25, 0.3) is 0 Å². The van der Waals surface area contributed by atoms with Crippen LogP contribution in [0.3, 0.4) is 0 Å². The molecule has 66 heavy (non-hydrogen) atoms. The summed E-state index contributed by atoms with van der Waals surface area (Å²) in [5, 5.41) is 12.4. The van der Waals surface area contributed by atoms with Gasteiger partial charge in [-0.15, -0.1) is 0 Å². The number of benzene rings is 12. The van der Waals surface area contributed by atoms with Gasteiger partial charge in [-0.2, -0.15) is 0 Å². The van der Waals surface area contributed by atoms with E-state index in [9.17, 15) is 0 Å². The normalized spacial score (nSPS) is 11.6. The maximum absolute atomic E-state index is 6.27. The lowest BCUT2D eigenvalue weighted by Gasteiger charge is -2.26. The number of fused-ring (bicyclic) bond motifs is 9. The Morgan fingerprint density at radius 1 is 0.242 bits per heavy atom. The molecule has 0 unspecified atom stereocenters. The Bertz CT molecular complexity index is 3970. The highest BCUT2D eigenvalue weighted by Crippen LogP contribution is 2.42. The van der Waals surface area contributed by atoms with Crippen molar-refractivity contribution in [3.8, 4) is 44.5 Å². The third-order valence-corrected chi connectivity index (χ3v) is 13.5. The fourth-order valence-electron chi connectivity index (χ4n) is 10.2. The fourth-order valence-corrected chi connectivity index (χ4v) is 10.2. The first kappa shape index (κ1) is 37.8. The molecule has 0 saturated carbocycles. The van der Waals surface area contributed by atoms with Crippen LogP contribution in [0.2, 0.25) is 0 Å². The van der Waals surface area contributed by atoms with Gasteiger partial charge in [0.15, 0.2) is 0 Å². The van der Waals surface area contributed by atoms with Crippen LogP contribution in [-0.2, 0) is 0 Å². The van der Waals surface area contributed by atoms with E-state index in [1.165, 1.54) is 76.5 Å². The van der Waals surface area contributed by atoms with Gasteiger partial charge in [0.05, 0.1) is 0 Å². The van der Waals surface area contributed by atoms with Crippen LogP contribution in [0.15, 0.2) is 253 Å². The molecule has 0 aliphatic rings. The predicted octanol–water partition coefficient (Wildman–Crippen LogP) is 18.3. The van der Waals surface area contributed by atoms with Gasteiger partial charge >= 0.3 is 0 Å². The summed E-state index contributed by atoms with van der Waals surface area (Å²) in [6.45, 7) is 0. The smallest absolute Gasteiger partial charge is 0.136 e. The van der Waals surface area contributed by atoms with Crippen LogP contribution in [0.5, 0.6) is 0 Å². The quantitative estimate of drug-likeness (QED) is 0.149. The molecular formula is C64H41NO. The zero-order chi connectivity index (χ0) is 43.6. The van der Waals surface area contributed by atoms with Crippen LogP contribution in [0, 0.1) is 0 Å². The maximum Gasteiger partial charge on any atom is 0.136 e. The molecule has 0 spiro atoms. The molecule has 13 rings (SSSR count). The number of furan rings is 1. The van der Waals surface area contributed by atoms with Gasteiger partial charge in [-0.3, -0.25) is 0 Å². The predicted molar refractivity (Wildman–Crippen MR) is 280 cm³/mol. The minimum Gasteiger partial charge on any atom is -0.456 e. The largest absolute Gasteiger partial charge is 0.456 e. The first-order valence-corrected chi connectivity index (χ1v) is 22.6. The first-order chi connectivity index (χ1) is 32.7. The molecular weight excluding hydrogens is 799 g/mol. The highest BCUT2D eigenvalue weighted by atomic mass is 16.3. The van der Waals surface area contributed by atoms with Crippen molar-refractivity contribution >= 4 is 82.1 Å². The number of hydrogen-bond donors (Lipinski definition) is 0. The summed E-state index contributed by atoms with van der Waals surface area (Å²) in [5.74, 6) is 0. The summed E-state index contributed by atoms with van der Waals surface area (Å²) >= 11 is 0. The third kappa shape index (κ3) is 6.42. The molecule has 0 aliphatic carbocycles. The van der Waals surface area contributed by atoms with Gasteiger partial charge in [-0.1, -0.05) is 194 Å². The van der Waals surface area contributed by atoms with E-state index in [4.69, 9.17) is 4.42 Å². The van der Waals surface area contributed by atoms with Gasteiger partial charge in [0.2, 0.25) is 0 Å². The van der Waals surface area contributed by atoms with Crippen molar-refractivity contribution in [2.24, 2.45) is 0 Å². The lowest BCUT2D eigenvalue weighted by molar-refractivity contribution is 0.669. The van der Waals surface area contributed by atoms with Crippen molar-refractivity contribution in [1.29, 1.82) is 0 Å². The SMILES string of the molecule is c1cc(-c2cccc3c2ccc2ccccc23)cc(N(c2ccc(-c3ccc(-c4ccc5c(ccc6ccccc65)c4)cc3)cc2)c2ccc(-c3cccc4oc5ccccc5c34)cc2)c1. The molecule has 0 N–H and O–H groups in total. The molecule has 2 nitrogen and oxygen atoms in total. The number of rotatable bonds is 7. The summed E-state index contributed by atoms with van der Waals surface area (Å²) < 4.78 is 6.27. The summed E-state index contributed by atoms with van der Waals surface area (Å²) in [6, 6.07) is 90.3. The van der Waals surface area contributed by atoms with E-state index in [1.54, 1.807) is 0 Å².